The second-order valence-electron chi connectivity index (χ2n) is 9.62. The van der Waals surface area contributed by atoms with E-state index in [0.29, 0.717) is 19.0 Å². The molecule has 0 aromatic heterocycles. The molecule has 2 amide bonds. The summed E-state index contributed by atoms with van der Waals surface area (Å²) in [5, 5.41) is 12.6. The Morgan fingerprint density at radius 2 is 1.92 bits per heavy atom. The second kappa shape index (κ2) is 13.9. The first-order valence-corrected chi connectivity index (χ1v) is 14.3. The quantitative estimate of drug-likeness (QED) is 0.187. The van der Waals surface area contributed by atoms with Gasteiger partial charge in [0.2, 0.25) is 0 Å². The fourth-order valence-corrected chi connectivity index (χ4v) is 5.86. The van der Waals surface area contributed by atoms with Gasteiger partial charge in [0.05, 0.1) is 29.0 Å². The summed E-state index contributed by atoms with van der Waals surface area (Å²) in [7, 11) is 0. The number of benzene rings is 2. The molecule has 1 unspecified atom stereocenters. The van der Waals surface area contributed by atoms with Crippen LogP contribution < -0.4 is 14.8 Å². The van der Waals surface area contributed by atoms with Crippen molar-refractivity contribution in [2.24, 2.45) is 5.92 Å². The van der Waals surface area contributed by atoms with Gasteiger partial charge in [0, 0.05) is 25.2 Å². The van der Waals surface area contributed by atoms with Crippen LogP contribution in [0, 0.1) is 5.92 Å². The first kappa shape index (κ1) is 26.8. The van der Waals surface area contributed by atoms with Crippen molar-refractivity contribution < 1.29 is 19.4 Å². The summed E-state index contributed by atoms with van der Waals surface area (Å²) >= 11 is 2.41. The molecule has 0 saturated heterocycles. The number of ether oxygens (including phenoxy) is 2. The van der Waals surface area contributed by atoms with Crippen LogP contribution in [0.15, 0.2) is 60.4 Å². The molecule has 2 N–H and O–H groups in total. The van der Waals surface area contributed by atoms with E-state index in [1.54, 1.807) is 11.2 Å². The number of fused-ring (bicyclic) bond motifs is 1. The molecule has 0 spiro atoms. The van der Waals surface area contributed by atoms with E-state index >= 15 is 0 Å². The fraction of sp³-hybridized carbons (Fsp3) is 0.483. The Hall–Kier alpha value is -2.26. The van der Waals surface area contributed by atoms with E-state index in [2.05, 4.69) is 40.0 Å². The Bertz CT molecular complexity index is 1010. The number of nitrogens with one attached hydrogen (secondary N) is 1. The van der Waals surface area contributed by atoms with Gasteiger partial charge in [-0.1, -0.05) is 78.3 Å². The van der Waals surface area contributed by atoms with Gasteiger partial charge in [0.25, 0.3) is 0 Å². The monoisotopic (exact) mass is 604 g/mol. The molecule has 6 nitrogen and oxygen atoms in total. The first-order valence-electron chi connectivity index (χ1n) is 13.1. The van der Waals surface area contributed by atoms with Crippen LogP contribution in [-0.2, 0) is 6.42 Å². The van der Waals surface area contributed by atoms with Gasteiger partial charge >= 0.3 is 6.03 Å². The van der Waals surface area contributed by atoms with Crippen molar-refractivity contribution >= 4 is 28.6 Å². The van der Waals surface area contributed by atoms with Crippen LogP contribution in [0.2, 0.25) is 0 Å². The van der Waals surface area contributed by atoms with Crippen molar-refractivity contribution in [3.05, 3.63) is 71.5 Å². The second-order valence-corrected chi connectivity index (χ2v) is 10.9. The summed E-state index contributed by atoms with van der Waals surface area (Å²) in [6.07, 6.45) is 9.91. The number of amides is 2. The van der Waals surface area contributed by atoms with Crippen LogP contribution in [0.4, 0.5) is 4.79 Å². The molecule has 1 fully saturated rings. The van der Waals surface area contributed by atoms with Crippen molar-refractivity contribution in [2.75, 3.05) is 32.8 Å². The van der Waals surface area contributed by atoms with Gasteiger partial charge in [-0.2, -0.15) is 0 Å². The molecule has 4 rings (SSSR count). The van der Waals surface area contributed by atoms with Gasteiger partial charge in [0.1, 0.15) is 11.5 Å². The highest BCUT2D eigenvalue weighted by Crippen LogP contribution is 2.46. The lowest BCUT2D eigenvalue weighted by Crippen LogP contribution is -2.43. The lowest BCUT2D eigenvalue weighted by atomic mass is 9.90. The molecule has 2 aliphatic rings. The van der Waals surface area contributed by atoms with E-state index in [1.165, 1.54) is 37.7 Å². The highest BCUT2D eigenvalue weighted by Gasteiger charge is 2.29. The minimum atomic E-state index is -0.172. The standard InChI is InChI=1S/C29H37IN2O4/c30-28-24(19-32(17-18-33)29(34)31-16-8-13-22-9-3-1-4-10-22)21-36-26-15-7-14-25(27(26)28)35-20-23-11-5-2-6-12-23/h1,3-4,7,9-10,14-15,21,23,28,33H,2,5-6,8,11-13,16-20H2,(H,31,34). The van der Waals surface area contributed by atoms with E-state index in [1.807, 2.05) is 36.4 Å². The molecular weight excluding hydrogens is 567 g/mol. The zero-order chi connectivity index (χ0) is 25.2. The van der Waals surface area contributed by atoms with Gasteiger partial charge < -0.3 is 24.8 Å². The van der Waals surface area contributed by atoms with Gasteiger partial charge in [0.15, 0.2) is 0 Å². The zero-order valence-corrected chi connectivity index (χ0v) is 23.0. The molecule has 0 radical (unpaired) electrons. The van der Waals surface area contributed by atoms with Crippen LogP contribution >= 0.6 is 22.6 Å². The molecule has 194 valence electrons. The number of rotatable bonds is 11. The molecule has 1 saturated carbocycles. The number of aryl methyl sites for hydroxylation is 1. The molecule has 7 heteroatoms. The Morgan fingerprint density at radius 1 is 1.11 bits per heavy atom. The highest BCUT2D eigenvalue weighted by atomic mass is 127. The van der Waals surface area contributed by atoms with Crippen LogP contribution in [0.25, 0.3) is 0 Å². The number of carbonyl (C=O) groups is 1. The summed E-state index contributed by atoms with van der Waals surface area (Å²) < 4.78 is 12.3. The molecule has 1 atom stereocenters. The van der Waals surface area contributed by atoms with E-state index in [0.717, 1.165) is 42.1 Å². The maximum atomic E-state index is 12.9. The summed E-state index contributed by atoms with van der Waals surface area (Å²) in [4.78, 5) is 14.6. The highest BCUT2D eigenvalue weighted by molar-refractivity contribution is 14.1. The third-order valence-corrected chi connectivity index (χ3v) is 8.36. The maximum absolute atomic E-state index is 12.9. The normalized spacial score (nSPS) is 17.5. The Labute approximate surface area is 228 Å². The van der Waals surface area contributed by atoms with Gasteiger partial charge in [-0.25, -0.2) is 4.79 Å². The Kier molecular flexibility index (Phi) is 10.3. The number of aliphatic hydroxyl groups excluding tert-OH is 1. The van der Waals surface area contributed by atoms with E-state index < -0.39 is 0 Å². The van der Waals surface area contributed by atoms with Crippen LogP contribution in [0.5, 0.6) is 11.5 Å². The first-order chi connectivity index (χ1) is 17.7. The average molecular weight is 605 g/mol. The lowest BCUT2D eigenvalue weighted by molar-refractivity contribution is 0.181. The molecule has 2 aromatic carbocycles. The minimum absolute atomic E-state index is 0.0148. The van der Waals surface area contributed by atoms with E-state index in [4.69, 9.17) is 9.47 Å². The summed E-state index contributed by atoms with van der Waals surface area (Å²) in [5.74, 6) is 2.29. The largest absolute Gasteiger partial charge is 0.493 e. The van der Waals surface area contributed by atoms with Crippen molar-refractivity contribution in [3.8, 4) is 11.5 Å². The maximum Gasteiger partial charge on any atom is 0.317 e. The number of hydrogen-bond acceptors (Lipinski definition) is 4. The smallest absolute Gasteiger partial charge is 0.317 e. The SMILES string of the molecule is O=C(NCCCc1ccccc1)N(CCO)CC1=COc2cccc(OCC3CCCCC3)c2C1I. The van der Waals surface area contributed by atoms with Gasteiger partial charge in [-0.3, -0.25) is 0 Å². The molecule has 36 heavy (non-hydrogen) atoms. The molecule has 1 aliphatic carbocycles. The predicted octanol–water partition coefficient (Wildman–Crippen LogP) is 6.03. The minimum Gasteiger partial charge on any atom is -0.493 e. The number of carbonyl (C=O) groups excluding carboxylic acids is 1. The van der Waals surface area contributed by atoms with Crippen LogP contribution in [0.3, 0.4) is 0 Å². The Morgan fingerprint density at radius 3 is 2.69 bits per heavy atom. The van der Waals surface area contributed by atoms with Crippen molar-refractivity contribution in [2.45, 2.75) is 48.9 Å². The average Bonchev–Trinajstić information content (AvgIpc) is 2.92. The van der Waals surface area contributed by atoms with Crippen molar-refractivity contribution in [3.63, 3.8) is 0 Å². The molecule has 1 aliphatic heterocycles. The Balaban J connectivity index is 1.34. The van der Waals surface area contributed by atoms with E-state index in [9.17, 15) is 9.90 Å². The van der Waals surface area contributed by atoms with Crippen molar-refractivity contribution in [1.82, 2.24) is 10.2 Å². The topological polar surface area (TPSA) is 71.0 Å². The number of alkyl halides is 1. The lowest BCUT2D eigenvalue weighted by Gasteiger charge is -2.30. The summed E-state index contributed by atoms with van der Waals surface area (Å²) in [6.45, 7) is 1.87. The molecular formula is C29H37IN2O4. The molecule has 2 aromatic rings. The molecule has 0 bridgehead atoms. The number of urea groups is 1. The van der Waals surface area contributed by atoms with Crippen LogP contribution in [0.1, 0.15) is 53.6 Å². The van der Waals surface area contributed by atoms with Gasteiger partial charge in [-0.15, -0.1) is 0 Å². The van der Waals surface area contributed by atoms with Gasteiger partial charge in [-0.05, 0) is 49.3 Å². The number of hydrogen-bond donors (Lipinski definition) is 2. The van der Waals surface area contributed by atoms with E-state index in [-0.39, 0.29) is 23.1 Å². The number of nitrogens with zero attached hydrogens (tertiary/aromatic N) is 1. The number of halogens is 1. The summed E-state index contributed by atoms with van der Waals surface area (Å²) in [5.41, 5.74) is 3.26. The van der Waals surface area contributed by atoms with Crippen molar-refractivity contribution in [1.29, 1.82) is 0 Å². The third kappa shape index (κ3) is 7.38. The zero-order valence-electron chi connectivity index (χ0n) is 20.8. The number of aliphatic hydroxyl groups is 1. The predicted molar refractivity (Wildman–Crippen MR) is 151 cm³/mol. The third-order valence-electron chi connectivity index (χ3n) is 6.93. The fourth-order valence-electron chi connectivity index (χ4n) is 4.90. The molecule has 1 heterocycles. The summed E-state index contributed by atoms with van der Waals surface area (Å²) in [6, 6.07) is 16.0. The van der Waals surface area contributed by atoms with Crippen LogP contribution in [-0.4, -0.2) is 48.9 Å².